The molecule has 1 aromatic heterocycles. The number of hydrogen-bond donors (Lipinski definition) is 1. The van der Waals surface area contributed by atoms with Crippen LogP contribution < -0.4 is 0 Å². The minimum absolute atomic E-state index is 0.0761. The third-order valence-corrected chi connectivity index (χ3v) is 4.07. The third kappa shape index (κ3) is 3.17. The Morgan fingerprint density at radius 3 is 2.53 bits per heavy atom. The number of carboxylic acid groups (broad SMARTS) is 1. The molecule has 0 unspecified atom stereocenters. The van der Waals surface area contributed by atoms with E-state index in [1.807, 2.05) is 13.8 Å². The summed E-state index contributed by atoms with van der Waals surface area (Å²) in [6.45, 7) is 4.00. The number of carbonyl (C=O) groups is 1. The van der Waals surface area contributed by atoms with Gasteiger partial charge in [0, 0.05) is 10.8 Å². The lowest BCUT2D eigenvalue weighted by Crippen LogP contribution is -2.20. The van der Waals surface area contributed by atoms with Gasteiger partial charge in [-0.1, -0.05) is 26.0 Å². The van der Waals surface area contributed by atoms with Crippen molar-refractivity contribution in [1.29, 1.82) is 0 Å². The van der Waals surface area contributed by atoms with Crippen LogP contribution in [0.25, 0.3) is 0 Å². The monoisotopic (exact) mass is 279 g/mol. The van der Waals surface area contributed by atoms with Crippen LogP contribution in [0.1, 0.15) is 34.9 Å². The predicted octanol–water partition coefficient (Wildman–Crippen LogP) is 3.50. The fourth-order valence-corrected chi connectivity index (χ4v) is 2.79. The highest BCUT2D eigenvalue weighted by Crippen LogP contribution is 2.30. The van der Waals surface area contributed by atoms with Crippen LogP contribution in [-0.2, 0) is 11.8 Å². The molecule has 0 spiro atoms. The Morgan fingerprint density at radius 2 is 2.00 bits per heavy atom. The molecule has 0 saturated heterocycles. The molecule has 3 nitrogen and oxygen atoms in total. The first-order valence-electron chi connectivity index (χ1n) is 5.82. The fourth-order valence-electron chi connectivity index (χ4n) is 1.87. The first kappa shape index (κ1) is 13.7. The zero-order valence-electron chi connectivity index (χ0n) is 10.7. The van der Waals surface area contributed by atoms with Gasteiger partial charge in [-0.15, -0.1) is 11.3 Å². The molecule has 5 heteroatoms. The number of aromatic nitrogens is 1. The number of halogens is 1. The van der Waals surface area contributed by atoms with Crippen LogP contribution >= 0.6 is 11.3 Å². The molecule has 1 aromatic carbocycles. The van der Waals surface area contributed by atoms with Crippen LogP contribution in [-0.4, -0.2) is 16.1 Å². The molecule has 1 heterocycles. The van der Waals surface area contributed by atoms with Gasteiger partial charge >= 0.3 is 5.97 Å². The maximum atomic E-state index is 12.9. The Bertz CT molecular complexity index is 590. The Balaban J connectivity index is 2.21. The van der Waals surface area contributed by atoms with Crippen LogP contribution in [0.3, 0.4) is 0 Å². The van der Waals surface area contributed by atoms with Gasteiger partial charge in [0.15, 0.2) is 5.69 Å². The maximum absolute atomic E-state index is 12.9. The van der Waals surface area contributed by atoms with E-state index in [1.165, 1.54) is 23.5 Å². The summed E-state index contributed by atoms with van der Waals surface area (Å²) < 4.78 is 12.9. The topological polar surface area (TPSA) is 50.2 Å². The van der Waals surface area contributed by atoms with Crippen LogP contribution in [0.15, 0.2) is 29.6 Å². The van der Waals surface area contributed by atoms with Crippen LogP contribution in [0.5, 0.6) is 0 Å². The van der Waals surface area contributed by atoms with Gasteiger partial charge in [0.25, 0.3) is 0 Å². The highest BCUT2D eigenvalue weighted by atomic mass is 32.1. The average molecular weight is 279 g/mol. The summed E-state index contributed by atoms with van der Waals surface area (Å²) in [5.41, 5.74) is 0.793. The molecule has 100 valence electrons. The molecule has 1 N–H and O–H groups in total. The lowest BCUT2D eigenvalue weighted by molar-refractivity contribution is 0.0691. The van der Waals surface area contributed by atoms with Gasteiger partial charge < -0.3 is 5.11 Å². The van der Waals surface area contributed by atoms with Crippen molar-refractivity contribution in [3.63, 3.8) is 0 Å². The molecular formula is C14H14FNO2S. The van der Waals surface area contributed by atoms with Crippen LogP contribution in [0.2, 0.25) is 0 Å². The normalized spacial score (nSPS) is 11.5. The predicted molar refractivity (Wildman–Crippen MR) is 72.2 cm³/mol. The molecular weight excluding hydrogens is 265 g/mol. The van der Waals surface area contributed by atoms with Gasteiger partial charge in [-0.25, -0.2) is 14.2 Å². The molecule has 0 amide bonds. The highest BCUT2D eigenvalue weighted by molar-refractivity contribution is 7.10. The quantitative estimate of drug-likeness (QED) is 0.931. The van der Waals surface area contributed by atoms with Gasteiger partial charge in [-0.2, -0.15) is 0 Å². The lowest BCUT2D eigenvalue weighted by atomic mass is 9.86. The lowest BCUT2D eigenvalue weighted by Gasteiger charge is -2.21. The Hall–Kier alpha value is -1.75. The minimum atomic E-state index is -1.01. The van der Waals surface area contributed by atoms with Crippen molar-refractivity contribution in [3.8, 4) is 0 Å². The third-order valence-electron chi connectivity index (χ3n) is 2.86. The fraction of sp³-hybridized carbons (Fsp3) is 0.286. The SMILES string of the molecule is CC(C)(Cc1ccc(F)cc1)c1nc(C(=O)O)cs1. The largest absolute Gasteiger partial charge is 0.476 e. The second-order valence-corrected chi connectivity index (χ2v) is 5.89. The molecule has 0 atom stereocenters. The second-order valence-electron chi connectivity index (χ2n) is 5.03. The summed E-state index contributed by atoms with van der Waals surface area (Å²) in [6, 6.07) is 6.33. The average Bonchev–Trinajstić information content (AvgIpc) is 2.82. The Kier molecular flexibility index (Phi) is 3.66. The first-order valence-corrected chi connectivity index (χ1v) is 6.70. The van der Waals surface area contributed by atoms with Crippen molar-refractivity contribution >= 4 is 17.3 Å². The molecule has 0 aliphatic carbocycles. The summed E-state index contributed by atoms with van der Waals surface area (Å²) in [5.74, 6) is -1.27. The number of nitrogens with zero attached hydrogens (tertiary/aromatic N) is 1. The molecule has 0 aliphatic rings. The van der Waals surface area contributed by atoms with E-state index in [0.29, 0.717) is 6.42 Å². The van der Waals surface area contributed by atoms with Crippen molar-refractivity contribution in [1.82, 2.24) is 4.98 Å². The van der Waals surface area contributed by atoms with E-state index in [2.05, 4.69) is 4.98 Å². The number of hydrogen-bond acceptors (Lipinski definition) is 3. The van der Waals surface area contributed by atoms with Crippen molar-refractivity contribution in [2.45, 2.75) is 25.7 Å². The number of carboxylic acids is 1. The van der Waals surface area contributed by atoms with Crippen molar-refractivity contribution in [3.05, 3.63) is 51.7 Å². The van der Waals surface area contributed by atoms with E-state index in [0.717, 1.165) is 10.6 Å². The van der Waals surface area contributed by atoms with E-state index < -0.39 is 5.97 Å². The van der Waals surface area contributed by atoms with E-state index in [1.54, 1.807) is 17.5 Å². The van der Waals surface area contributed by atoms with Crippen LogP contribution in [0, 0.1) is 5.82 Å². The number of aromatic carboxylic acids is 1. The molecule has 2 aromatic rings. The molecule has 0 saturated carbocycles. The van der Waals surface area contributed by atoms with Gasteiger partial charge in [0.2, 0.25) is 0 Å². The zero-order chi connectivity index (χ0) is 14.0. The molecule has 0 bridgehead atoms. The first-order chi connectivity index (χ1) is 8.88. The van der Waals surface area contributed by atoms with Crippen LogP contribution in [0.4, 0.5) is 4.39 Å². The summed E-state index contributed by atoms with van der Waals surface area (Å²) in [6.07, 6.45) is 0.680. The van der Waals surface area contributed by atoms with E-state index in [-0.39, 0.29) is 16.9 Å². The van der Waals surface area contributed by atoms with E-state index >= 15 is 0 Å². The summed E-state index contributed by atoms with van der Waals surface area (Å²) >= 11 is 1.34. The summed E-state index contributed by atoms with van der Waals surface area (Å²) in [5, 5.41) is 11.2. The standard InChI is InChI=1S/C14H14FNO2S/c1-14(2,7-9-3-5-10(15)6-4-9)13-16-11(8-19-13)12(17)18/h3-6,8H,7H2,1-2H3,(H,17,18). The molecule has 2 rings (SSSR count). The highest BCUT2D eigenvalue weighted by Gasteiger charge is 2.26. The smallest absolute Gasteiger partial charge is 0.355 e. The Morgan fingerprint density at radius 1 is 1.37 bits per heavy atom. The van der Waals surface area contributed by atoms with Gasteiger partial charge in [-0.05, 0) is 24.1 Å². The molecule has 0 aliphatic heterocycles. The summed E-state index contributed by atoms with van der Waals surface area (Å²) in [7, 11) is 0. The number of thiazole rings is 1. The van der Waals surface area contributed by atoms with Crippen molar-refractivity contribution in [2.75, 3.05) is 0 Å². The van der Waals surface area contributed by atoms with Gasteiger partial charge in [0.05, 0.1) is 5.01 Å². The number of rotatable bonds is 4. The minimum Gasteiger partial charge on any atom is -0.476 e. The van der Waals surface area contributed by atoms with Gasteiger partial charge in [0.1, 0.15) is 5.82 Å². The number of benzene rings is 1. The zero-order valence-corrected chi connectivity index (χ0v) is 11.5. The second kappa shape index (κ2) is 5.09. The molecule has 0 radical (unpaired) electrons. The van der Waals surface area contributed by atoms with Crippen molar-refractivity contribution in [2.24, 2.45) is 0 Å². The molecule has 0 fully saturated rings. The summed E-state index contributed by atoms with van der Waals surface area (Å²) in [4.78, 5) is 15.0. The Labute approximate surface area is 114 Å². The van der Waals surface area contributed by atoms with Gasteiger partial charge in [-0.3, -0.25) is 0 Å². The van der Waals surface area contributed by atoms with E-state index in [4.69, 9.17) is 5.11 Å². The van der Waals surface area contributed by atoms with Crippen molar-refractivity contribution < 1.29 is 14.3 Å². The molecule has 19 heavy (non-hydrogen) atoms. The maximum Gasteiger partial charge on any atom is 0.355 e. The van der Waals surface area contributed by atoms with E-state index in [9.17, 15) is 9.18 Å².